The molecule has 3 aromatic carbocycles. The average molecular weight is 561 g/mol. The van der Waals surface area contributed by atoms with Crippen molar-refractivity contribution in [2.45, 2.75) is 51.6 Å². The summed E-state index contributed by atoms with van der Waals surface area (Å²) < 4.78 is 0. The third-order valence-electron chi connectivity index (χ3n) is 6.30. The van der Waals surface area contributed by atoms with E-state index in [1.54, 1.807) is 30.3 Å². The van der Waals surface area contributed by atoms with Gasteiger partial charge in [0.05, 0.1) is 13.0 Å². The fraction of sp³-hybridized carbons (Fsp3) is 0.323. The van der Waals surface area contributed by atoms with Crippen LogP contribution in [-0.4, -0.2) is 53.3 Å². The fourth-order valence-electron chi connectivity index (χ4n) is 4.28. The molecule has 5 N–H and O–H groups in total. The first kappa shape index (κ1) is 30.8. The predicted molar refractivity (Wildman–Crippen MR) is 156 cm³/mol. The maximum Gasteiger partial charge on any atom is 0.303 e. The van der Waals surface area contributed by atoms with Gasteiger partial charge in [-0.15, -0.1) is 0 Å². The van der Waals surface area contributed by atoms with Gasteiger partial charge < -0.3 is 26.4 Å². The number of hydrogen-bond donors (Lipinski definition) is 5. The van der Waals surface area contributed by atoms with Crippen LogP contribution < -0.4 is 21.3 Å². The maximum absolute atomic E-state index is 13.1. The molecule has 0 heterocycles. The van der Waals surface area contributed by atoms with Crippen LogP contribution in [0.1, 0.15) is 38.7 Å². The monoisotopic (exact) mass is 560 g/mol. The van der Waals surface area contributed by atoms with Crippen molar-refractivity contribution in [1.29, 1.82) is 0 Å². The second kappa shape index (κ2) is 15.2. The number of fused-ring (bicyclic) bond motifs is 1. The highest BCUT2D eigenvalue weighted by molar-refractivity contribution is 5.99. The minimum absolute atomic E-state index is 0.105. The van der Waals surface area contributed by atoms with Crippen molar-refractivity contribution >= 4 is 46.1 Å². The molecule has 0 aliphatic heterocycles. The van der Waals surface area contributed by atoms with E-state index >= 15 is 0 Å². The highest BCUT2D eigenvalue weighted by atomic mass is 16.4. The molecule has 41 heavy (non-hydrogen) atoms. The van der Waals surface area contributed by atoms with E-state index in [0.29, 0.717) is 12.1 Å². The highest BCUT2D eigenvalue weighted by Gasteiger charge is 2.25. The molecule has 0 saturated carbocycles. The molecule has 0 bridgehead atoms. The topological polar surface area (TPSA) is 154 Å². The maximum atomic E-state index is 13.1. The second-order valence-corrected chi connectivity index (χ2v) is 10.2. The Morgan fingerprint density at radius 2 is 1.39 bits per heavy atom. The summed E-state index contributed by atoms with van der Waals surface area (Å²) in [6, 6.07) is 20.5. The highest BCUT2D eigenvalue weighted by Crippen LogP contribution is 2.19. The molecule has 0 aromatic heterocycles. The van der Waals surface area contributed by atoms with Crippen molar-refractivity contribution in [3.05, 3.63) is 78.4 Å². The first-order valence-corrected chi connectivity index (χ1v) is 13.5. The van der Waals surface area contributed by atoms with E-state index in [4.69, 9.17) is 5.11 Å². The first-order chi connectivity index (χ1) is 19.6. The van der Waals surface area contributed by atoms with Crippen LogP contribution in [0, 0.1) is 5.92 Å². The molecule has 0 aliphatic rings. The number of hydrogen-bond acceptors (Lipinski definition) is 5. The minimum atomic E-state index is -1.12. The third kappa shape index (κ3) is 10.4. The number of carbonyl (C=O) groups excluding carboxylic acids is 4. The molecule has 0 spiro atoms. The Morgan fingerprint density at radius 3 is 2.07 bits per heavy atom. The Hall–Kier alpha value is -4.73. The fourth-order valence-corrected chi connectivity index (χ4v) is 4.28. The van der Waals surface area contributed by atoms with Gasteiger partial charge in [-0.3, -0.25) is 24.0 Å². The van der Waals surface area contributed by atoms with Gasteiger partial charge >= 0.3 is 5.97 Å². The summed E-state index contributed by atoms with van der Waals surface area (Å²) in [7, 11) is 0. The summed E-state index contributed by atoms with van der Waals surface area (Å²) in [5.74, 6) is -3.14. The molecule has 0 fully saturated rings. The van der Waals surface area contributed by atoms with E-state index < -0.39 is 42.3 Å². The summed E-state index contributed by atoms with van der Waals surface area (Å²) in [5, 5.41) is 21.5. The summed E-state index contributed by atoms with van der Waals surface area (Å²) in [6.07, 6.45) is -0.114. The van der Waals surface area contributed by atoms with E-state index in [0.717, 1.165) is 16.3 Å². The van der Waals surface area contributed by atoms with E-state index in [1.165, 1.54) is 0 Å². The van der Waals surface area contributed by atoms with Crippen molar-refractivity contribution in [3.8, 4) is 0 Å². The third-order valence-corrected chi connectivity index (χ3v) is 6.30. The molecule has 216 valence electrons. The van der Waals surface area contributed by atoms with E-state index in [-0.39, 0.29) is 31.1 Å². The van der Waals surface area contributed by atoms with E-state index in [1.807, 2.05) is 56.3 Å². The molecule has 3 aromatic rings. The van der Waals surface area contributed by atoms with Crippen LogP contribution in [0.3, 0.4) is 0 Å². The van der Waals surface area contributed by atoms with Crippen molar-refractivity contribution in [2.24, 2.45) is 5.92 Å². The van der Waals surface area contributed by atoms with E-state index in [2.05, 4.69) is 21.3 Å². The molecule has 2 atom stereocenters. The SMILES string of the molecule is CC(C)CC(NC(=O)CNC(=O)C(Cc1ccccc1)NC(=O)CCC(=O)O)C(=O)Nc1ccc2ccccc2c1. The molecular formula is C31H36N4O6. The largest absolute Gasteiger partial charge is 0.481 e. The Kier molecular flexibility index (Phi) is 11.4. The normalized spacial score (nSPS) is 12.3. The van der Waals surface area contributed by atoms with Crippen LogP contribution in [0.5, 0.6) is 0 Å². The van der Waals surface area contributed by atoms with Gasteiger partial charge in [-0.2, -0.15) is 0 Å². The molecular weight excluding hydrogens is 524 g/mol. The lowest BCUT2D eigenvalue weighted by molar-refractivity contribution is -0.139. The summed E-state index contributed by atoms with van der Waals surface area (Å²) in [5.41, 5.74) is 1.38. The van der Waals surface area contributed by atoms with Crippen molar-refractivity contribution in [3.63, 3.8) is 0 Å². The molecule has 2 unspecified atom stereocenters. The quantitative estimate of drug-likeness (QED) is 0.204. The summed E-state index contributed by atoms with van der Waals surface area (Å²) in [4.78, 5) is 61.9. The number of aliphatic carboxylic acids is 1. The van der Waals surface area contributed by atoms with Crippen LogP contribution in [0.4, 0.5) is 5.69 Å². The van der Waals surface area contributed by atoms with Gasteiger partial charge in [-0.25, -0.2) is 0 Å². The predicted octanol–water partition coefficient (Wildman–Crippen LogP) is 3.02. The van der Waals surface area contributed by atoms with Crippen LogP contribution in [-0.2, 0) is 30.4 Å². The molecule has 0 aliphatic carbocycles. The number of amides is 4. The van der Waals surface area contributed by atoms with Crippen LogP contribution in [0.25, 0.3) is 10.8 Å². The first-order valence-electron chi connectivity index (χ1n) is 13.5. The molecule has 10 heteroatoms. The number of nitrogens with one attached hydrogen (secondary N) is 4. The zero-order valence-electron chi connectivity index (χ0n) is 23.2. The van der Waals surface area contributed by atoms with Crippen molar-refractivity contribution in [2.75, 3.05) is 11.9 Å². The van der Waals surface area contributed by atoms with Gasteiger partial charge in [0.25, 0.3) is 0 Å². The van der Waals surface area contributed by atoms with Gasteiger partial charge in [0.2, 0.25) is 23.6 Å². The molecule has 4 amide bonds. The average Bonchev–Trinajstić information content (AvgIpc) is 2.94. The minimum Gasteiger partial charge on any atom is -0.481 e. The molecule has 0 saturated heterocycles. The van der Waals surface area contributed by atoms with Gasteiger partial charge in [0, 0.05) is 18.5 Å². The Labute approximate surface area is 238 Å². The molecule has 10 nitrogen and oxygen atoms in total. The zero-order chi connectivity index (χ0) is 29.8. The van der Waals surface area contributed by atoms with Gasteiger partial charge in [-0.1, -0.05) is 74.5 Å². The van der Waals surface area contributed by atoms with Gasteiger partial charge in [0.15, 0.2) is 0 Å². The number of anilines is 1. The number of rotatable bonds is 14. The van der Waals surface area contributed by atoms with Crippen molar-refractivity contribution in [1.82, 2.24) is 16.0 Å². The standard InChI is InChI=1S/C31H36N4O6/c1-20(2)16-25(31(41)33-24-13-12-22-10-6-7-11-23(22)18-24)35-28(37)19-32-30(40)26(17-21-8-4-3-5-9-21)34-27(36)14-15-29(38)39/h3-13,18,20,25-26H,14-17,19H2,1-2H3,(H,32,40)(H,33,41)(H,34,36)(H,35,37)(H,38,39). The summed E-state index contributed by atoms with van der Waals surface area (Å²) >= 11 is 0. The van der Waals surface area contributed by atoms with Crippen LogP contribution in [0.2, 0.25) is 0 Å². The Bertz CT molecular complexity index is 1380. The van der Waals surface area contributed by atoms with Gasteiger partial charge in [-0.05, 0) is 40.8 Å². The second-order valence-electron chi connectivity index (χ2n) is 10.2. The lowest BCUT2D eigenvalue weighted by Gasteiger charge is -2.21. The van der Waals surface area contributed by atoms with Gasteiger partial charge in [0.1, 0.15) is 12.1 Å². The lowest BCUT2D eigenvalue weighted by atomic mass is 10.0. The number of carboxylic acid groups (broad SMARTS) is 1. The van der Waals surface area contributed by atoms with Crippen LogP contribution >= 0.6 is 0 Å². The zero-order valence-corrected chi connectivity index (χ0v) is 23.2. The Morgan fingerprint density at radius 1 is 0.732 bits per heavy atom. The number of carboxylic acids is 1. The smallest absolute Gasteiger partial charge is 0.303 e. The molecule has 0 radical (unpaired) electrons. The number of benzene rings is 3. The van der Waals surface area contributed by atoms with Crippen molar-refractivity contribution < 1.29 is 29.1 Å². The van der Waals surface area contributed by atoms with Crippen LogP contribution in [0.15, 0.2) is 72.8 Å². The molecule has 3 rings (SSSR count). The lowest BCUT2D eigenvalue weighted by Crippen LogP contribution is -2.52. The van der Waals surface area contributed by atoms with E-state index in [9.17, 15) is 24.0 Å². The Balaban J connectivity index is 1.61. The summed E-state index contributed by atoms with van der Waals surface area (Å²) in [6.45, 7) is 3.46. The number of carbonyl (C=O) groups is 5.